The zero-order valence-corrected chi connectivity index (χ0v) is 41.1. The van der Waals surface area contributed by atoms with Crippen LogP contribution in [0.25, 0.3) is 11.1 Å². The lowest BCUT2D eigenvalue weighted by molar-refractivity contribution is -0.0684. The van der Waals surface area contributed by atoms with Gasteiger partial charge in [0.2, 0.25) is 0 Å². The highest BCUT2D eigenvalue weighted by molar-refractivity contribution is 6.99. The molecule has 16 heteroatoms. The number of hydrogen-bond donors (Lipinski definition) is 0. The van der Waals surface area contributed by atoms with E-state index in [1.54, 1.807) is 35.2 Å². The highest BCUT2D eigenvalue weighted by atomic mass is 35.5. The number of alkyl halides is 2. The fourth-order valence-electron chi connectivity index (χ4n) is 10.5. The number of halogens is 5. The van der Waals surface area contributed by atoms with Crippen molar-refractivity contribution in [3.05, 3.63) is 136 Å². The van der Waals surface area contributed by atoms with Crippen molar-refractivity contribution in [3.8, 4) is 16.9 Å². The molecule has 0 saturated carbocycles. The fourth-order valence-corrected chi connectivity index (χ4v) is 15.7. The lowest BCUT2D eigenvalue weighted by Gasteiger charge is -2.44. The molecule has 3 saturated heterocycles. The number of carbonyl (C=O) groups excluding carboxylic acids is 2. The van der Waals surface area contributed by atoms with Crippen molar-refractivity contribution in [2.75, 3.05) is 76.2 Å². The molecule has 5 aromatic carbocycles. The Morgan fingerprint density at radius 1 is 0.809 bits per heavy atom. The smallest absolute Gasteiger partial charge is 0.340 e. The first-order chi connectivity index (χ1) is 32.6. The second kappa shape index (κ2) is 19.4. The molecule has 358 valence electrons. The molecule has 4 aliphatic rings. The summed E-state index contributed by atoms with van der Waals surface area (Å²) in [7, 11) is -1.88. The number of piperazine rings is 1. The Hall–Kier alpha value is -5.09. The van der Waals surface area contributed by atoms with E-state index >= 15 is 13.2 Å². The van der Waals surface area contributed by atoms with E-state index in [-0.39, 0.29) is 52.1 Å². The molecule has 0 aromatic heterocycles. The molecule has 2 atom stereocenters. The number of benzene rings is 5. The van der Waals surface area contributed by atoms with Gasteiger partial charge in [-0.15, -0.1) is 0 Å². The van der Waals surface area contributed by atoms with Crippen molar-refractivity contribution in [1.82, 2.24) is 9.80 Å². The summed E-state index contributed by atoms with van der Waals surface area (Å²) in [5, 5.41) is 1.74. The van der Waals surface area contributed by atoms with Gasteiger partial charge in [-0.3, -0.25) is 9.69 Å². The summed E-state index contributed by atoms with van der Waals surface area (Å²) in [6.07, 6.45) is 1.79. The molecule has 0 aliphatic carbocycles. The number of para-hydroxylation sites is 1. The third kappa shape index (κ3) is 9.23. The lowest BCUT2D eigenvalue weighted by Crippen LogP contribution is -2.67. The van der Waals surface area contributed by atoms with Gasteiger partial charge in [-0.2, -0.15) is 0 Å². The van der Waals surface area contributed by atoms with E-state index in [1.165, 1.54) is 18.1 Å². The highest BCUT2D eigenvalue weighted by Crippen LogP contribution is 2.44. The summed E-state index contributed by atoms with van der Waals surface area (Å²) in [5.74, 6) is -4.39. The molecule has 2 bridgehead atoms. The number of fused-ring (bicyclic) bond motifs is 3. The Kier molecular flexibility index (Phi) is 13.7. The van der Waals surface area contributed by atoms with Gasteiger partial charge in [0.1, 0.15) is 11.6 Å². The lowest BCUT2D eigenvalue weighted by atomic mass is 9.96. The summed E-state index contributed by atoms with van der Waals surface area (Å²) in [5.41, 5.74) is 2.89. The number of hydrogen-bond acceptors (Lipinski definition) is 9. The van der Waals surface area contributed by atoms with Gasteiger partial charge in [0.05, 0.1) is 79.0 Å². The van der Waals surface area contributed by atoms with E-state index in [0.29, 0.717) is 67.6 Å². The second-order valence-electron chi connectivity index (χ2n) is 19.1. The van der Waals surface area contributed by atoms with Crippen LogP contribution in [0.1, 0.15) is 59.9 Å². The zero-order valence-electron chi connectivity index (χ0n) is 38.6. The van der Waals surface area contributed by atoms with Gasteiger partial charge in [-0.25, -0.2) is 18.0 Å². The van der Waals surface area contributed by atoms with E-state index in [4.69, 9.17) is 41.8 Å². The van der Waals surface area contributed by atoms with Crippen LogP contribution in [0.5, 0.6) is 5.75 Å². The Morgan fingerprint density at radius 2 is 1.43 bits per heavy atom. The van der Waals surface area contributed by atoms with Gasteiger partial charge in [0, 0.05) is 48.6 Å². The number of carbonyl (C=O) groups is 2. The number of anilines is 2. The molecule has 9 rings (SSSR count). The first-order valence-electron chi connectivity index (χ1n) is 23.0. The van der Waals surface area contributed by atoms with Crippen LogP contribution in [-0.4, -0.2) is 114 Å². The Bertz CT molecular complexity index is 2590. The topological polar surface area (TPSA) is 84.0 Å². The highest BCUT2D eigenvalue weighted by Gasteiger charge is 2.52. The summed E-state index contributed by atoms with van der Waals surface area (Å²) >= 11 is 13.7. The van der Waals surface area contributed by atoms with Crippen LogP contribution < -0.4 is 24.9 Å². The van der Waals surface area contributed by atoms with Gasteiger partial charge in [0.15, 0.2) is 6.73 Å². The van der Waals surface area contributed by atoms with Gasteiger partial charge in [-0.05, 0) is 52.5 Å². The SMILES string of the molecule is COC(=O)c1cc(F)c(-c2cccc3c2OCN(C(=O)c2c(Cl)cc(N4CCN(CC(F)(F)CO[Si](c5ccccc5)(c5ccccc5)C(C)(C)C)CC4)cc2Cl)C3)cc1N1C2CCC1COC2. The predicted octanol–water partition coefficient (Wildman–Crippen LogP) is 9.28. The Morgan fingerprint density at radius 3 is 2.01 bits per heavy atom. The number of morpholine rings is 1. The third-order valence-electron chi connectivity index (χ3n) is 13.8. The quantitative estimate of drug-likeness (QED) is 0.0898. The van der Waals surface area contributed by atoms with Crippen molar-refractivity contribution >= 4 is 65.1 Å². The monoisotopic (exact) mass is 986 g/mol. The van der Waals surface area contributed by atoms with E-state index in [0.717, 1.165) is 23.2 Å². The summed E-state index contributed by atoms with van der Waals surface area (Å²) < 4.78 is 71.8. The molecule has 3 fully saturated rings. The molecule has 0 spiro atoms. The van der Waals surface area contributed by atoms with Crippen molar-refractivity contribution < 1.29 is 41.4 Å². The van der Waals surface area contributed by atoms with E-state index in [1.807, 2.05) is 71.6 Å². The van der Waals surface area contributed by atoms with Gasteiger partial charge >= 0.3 is 5.97 Å². The second-order valence-corrected chi connectivity index (χ2v) is 24.2. The van der Waals surface area contributed by atoms with E-state index in [9.17, 15) is 9.59 Å². The first-order valence-corrected chi connectivity index (χ1v) is 25.7. The molecule has 4 heterocycles. The van der Waals surface area contributed by atoms with Crippen LogP contribution in [-0.2, 0) is 20.4 Å². The number of esters is 1. The minimum Gasteiger partial charge on any atom is -0.472 e. The molecular formula is C52H55Cl2F3N4O6Si. The largest absolute Gasteiger partial charge is 0.472 e. The number of nitrogens with zero attached hydrogens (tertiary/aromatic N) is 4. The number of amides is 1. The van der Waals surface area contributed by atoms with Gasteiger partial charge in [0.25, 0.3) is 20.1 Å². The maximum atomic E-state index is 16.1. The summed E-state index contributed by atoms with van der Waals surface area (Å²) in [6.45, 7) is 7.65. The van der Waals surface area contributed by atoms with Crippen LogP contribution in [0.15, 0.2) is 103 Å². The average Bonchev–Trinajstić information content (AvgIpc) is 3.57. The van der Waals surface area contributed by atoms with Crippen LogP contribution in [0, 0.1) is 5.82 Å². The average molecular weight is 988 g/mol. The molecule has 1 amide bonds. The molecule has 4 aliphatic heterocycles. The molecule has 0 radical (unpaired) electrons. The minimum absolute atomic E-state index is 0.0502. The normalized spacial score (nSPS) is 18.9. The standard InChI is InChI=1S/C52H55Cl2F3N4O6Si/c1-51(2,3)68(38-13-7-5-8-14-38,39-15-9-6-10-16-39)67-32-52(56,57)31-58-20-22-59(23-21-58)37-24-43(53)47(44(54)25-37)49(62)60-28-34-12-11-17-40(48(34)66-33-60)41-27-46(42(26-45(41)55)50(63)64-4)61-35-18-19-36(61)30-65-29-35/h5-17,24-27,35-36H,18-23,28-33H2,1-4H3. The molecular weight excluding hydrogens is 933 g/mol. The van der Waals surface area contributed by atoms with Crippen LogP contribution in [0.4, 0.5) is 24.5 Å². The maximum absolute atomic E-state index is 16.1. The van der Waals surface area contributed by atoms with Crippen molar-refractivity contribution in [2.24, 2.45) is 0 Å². The minimum atomic E-state index is -3.16. The molecule has 10 nitrogen and oxygen atoms in total. The van der Waals surface area contributed by atoms with Crippen LogP contribution in [0.2, 0.25) is 15.1 Å². The molecule has 68 heavy (non-hydrogen) atoms. The van der Waals surface area contributed by atoms with Gasteiger partial charge in [-0.1, -0.05) is 123 Å². The number of methoxy groups -OCH3 is 1. The molecule has 2 unspecified atom stereocenters. The summed E-state index contributed by atoms with van der Waals surface area (Å²) in [4.78, 5) is 34.5. The maximum Gasteiger partial charge on any atom is 0.340 e. The van der Waals surface area contributed by atoms with Crippen LogP contribution in [0.3, 0.4) is 0 Å². The van der Waals surface area contributed by atoms with E-state index in [2.05, 4.69) is 25.7 Å². The fraction of sp³-hybridized carbons (Fsp3) is 0.385. The Labute approximate surface area is 406 Å². The molecule has 5 aromatic rings. The van der Waals surface area contributed by atoms with Crippen molar-refractivity contribution in [1.29, 1.82) is 0 Å². The van der Waals surface area contributed by atoms with E-state index < -0.39 is 50.1 Å². The number of ether oxygens (including phenoxy) is 3. The van der Waals surface area contributed by atoms with Crippen LogP contribution >= 0.6 is 23.2 Å². The third-order valence-corrected chi connectivity index (χ3v) is 19.3. The van der Waals surface area contributed by atoms with Crippen molar-refractivity contribution in [3.63, 3.8) is 0 Å². The predicted molar refractivity (Wildman–Crippen MR) is 262 cm³/mol. The Balaban J connectivity index is 0.861. The first kappa shape index (κ1) is 48.0. The number of rotatable bonds is 12. The zero-order chi connectivity index (χ0) is 48.0. The molecule has 0 N–H and O–H groups in total. The van der Waals surface area contributed by atoms with Gasteiger partial charge < -0.3 is 33.3 Å². The summed E-state index contributed by atoms with van der Waals surface area (Å²) in [6, 6.07) is 31.3. The van der Waals surface area contributed by atoms with Crippen molar-refractivity contribution in [2.45, 2.75) is 63.2 Å².